The smallest absolute Gasteiger partial charge is 0.478 e. The van der Waals surface area contributed by atoms with Gasteiger partial charge in [-0.3, -0.25) is 0 Å². The first kappa shape index (κ1) is 19.5. The molecule has 0 aliphatic carbocycles. The van der Waals surface area contributed by atoms with Gasteiger partial charge in [0.1, 0.15) is 18.1 Å². The lowest BCUT2D eigenvalue weighted by atomic mass is 10.1. The van der Waals surface area contributed by atoms with Crippen molar-refractivity contribution >= 4 is 23.7 Å². The molecule has 0 heterocycles. The Morgan fingerprint density at radius 3 is 1.93 bits per heavy atom. The molecule has 2 aromatic carbocycles. The first-order chi connectivity index (χ1) is 12.9. The highest BCUT2D eigenvalue weighted by atomic mass is 16.7. The minimum atomic E-state index is -1.13. The topological polar surface area (TPSA) is 99.1 Å². The van der Waals surface area contributed by atoms with Crippen LogP contribution in [-0.2, 0) is 9.53 Å². The highest BCUT2D eigenvalue weighted by molar-refractivity contribution is 6.14. The van der Waals surface area contributed by atoms with Crippen LogP contribution in [0, 0.1) is 0 Å². The van der Waals surface area contributed by atoms with Crippen LogP contribution in [0.4, 0.5) is 4.79 Å². The van der Waals surface area contributed by atoms with Gasteiger partial charge in [0.15, 0.2) is 0 Å². The Hall–Kier alpha value is -3.87. The van der Waals surface area contributed by atoms with Crippen molar-refractivity contribution < 1.29 is 33.7 Å². The zero-order chi connectivity index (χ0) is 19.8. The van der Waals surface area contributed by atoms with Gasteiger partial charge in [0.25, 0.3) is 0 Å². The number of aliphatic carboxylic acids is 1. The number of hydrogen-bond donors (Lipinski definition) is 1. The van der Waals surface area contributed by atoms with E-state index in [9.17, 15) is 14.4 Å². The van der Waals surface area contributed by atoms with Crippen molar-refractivity contribution in [3.8, 4) is 11.5 Å². The van der Waals surface area contributed by atoms with Crippen LogP contribution >= 0.6 is 0 Å². The minimum absolute atomic E-state index is 0.0296. The molecular formula is C20H16O7. The second-order valence-corrected chi connectivity index (χ2v) is 5.17. The molecule has 1 N–H and O–H groups in total. The lowest BCUT2D eigenvalue weighted by molar-refractivity contribution is -0.130. The lowest BCUT2D eigenvalue weighted by Crippen LogP contribution is -2.11. The normalized spacial score (nSPS) is 9.78. The summed E-state index contributed by atoms with van der Waals surface area (Å²) < 4.78 is 14.8. The molecule has 7 heteroatoms. The summed E-state index contributed by atoms with van der Waals surface area (Å²) in [5, 5.41) is 8.89. The van der Waals surface area contributed by atoms with E-state index in [4.69, 9.17) is 14.6 Å². The van der Waals surface area contributed by atoms with Crippen molar-refractivity contribution in [1.29, 1.82) is 0 Å². The van der Waals surface area contributed by atoms with Crippen molar-refractivity contribution in [2.75, 3.05) is 6.61 Å². The summed E-state index contributed by atoms with van der Waals surface area (Å²) in [6.07, 6.45) is 0.526. The van der Waals surface area contributed by atoms with Crippen molar-refractivity contribution in [3.05, 3.63) is 78.9 Å². The Balaban J connectivity index is 1.97. The van der Waals surface area contributed by atoms with E-state index in [2.05, 4.69) is 17.9 Å². The maximum Gasteiger partial charge on any atom is 0.514 e. The summed E-state index contributed by atoms with van der Waals surface area (Å²) in [5.41, 5.74) is 0.586. The van der Waals surface area contributed by atoms with E-state index < -0.39 is 18.1 Å². The van der Waals surface area contributed by atoms with Crippen LogP contribution in [0.3, 0.4) is 0 Å². The minimum Gasteiger partial charge on any atom is -0.478 e. The highest BCUT2D eigenvalue weighted by Gasteiger charge is 2.12. The second kappa shape index (κ2) is 9.00. The zero-order valence-corrected chi connectivity index (χ0v) is 14.2. The molecule has 0 spiro atoms. The SMILES string of the molecule is C=CCOC(=O)Oc1ccc(C(=O)Oc2ccc(C(=C)C(=O)O)cc2)cc1. The molecule has 0 amide bonds. The maximum atomic E-state index is 12.1. The predicted molar refractivity (Wildman–Crippen MR) is 96.7 cm³/mol. The molecule has 138 valence electrons. The molecule has 0 saturated heterocycles. The number of rotatable bonds is 7. The van der Waals surface area contributed by atoms with Crippen LogP contribution in [-0.4, -0.2) is 29.8 Å². The maximum absolute atomic E-state index is 12.1. The van der Waals surface area contributed by atoms with E-state index in [0.29, 0.717) is 5.56 Å². The summed E-state index contributed by atoms with van der Waals surface area (Å²) in [5.74, 6) is -1.30. The number of carbonyl (C=O) groups is 3. The molecule has 0 saturated carbocycles. The molecule has 27 heavy (non-hydrogen) atoms. The van der Waals surface area contributed by atoms with Crippen LogP contribution in [0.1, 0.15) is 15.9 Å². The van der Waals surface area contributed by atoms with Crippen LogP contribution in [0.5, 0.6) is 11.5 Å². The predicted octanol–water partition coefficient (Wildman–Crippen LogP) is 3.71. The molecule has 0 radical (unpaired) electrons. The Kier molecular flexibility index (Phi) is 6.49. The van der Waals surface area contributed by atoms with Crippen LogP contribution < -0.4 is 9.47 Å². The third-order valence-electron chi connectivity index (χ3n) is 3.28. The van der Waals surface area contributed by atoms with Gasteiger partial charge in [0.05, 0.1) is 11.1 Å². The number of ether oxygens (including phenoxy) is 3. The van der Waals surface area contributed by atoms with Gasteiger partial charge in [-0.15, -0.1) is 0 Å². The molecule has 0 unspecified atom stereocenters. The van der Waals surface area contributed by atoms with Gasteiger partial charge in [0, 0.05) is 0 Å². The third-order valence-corrected chi connectivity index (χ3v) is 3.28. The van der Waals surface area contributed by atoms with Crippen LogP contribution in [0.15, 0.2) is 67.8 Å². The molecule has 2 rings (SSSR count). The number of esters is 1. The van der Waals surface area contributed by atoms with E-state index >= 15 is 0 Å². The van der Waals surface area contributed by atoms with Gasteiger partial charge in [0.2, 0.25) is 0 Å². The Morgan fingerprint density at radius 1 is 0.889 bits per heavy atom. The van der Waals surface area contributed by atoms with Gasteiger partial charge in [-0.25, -0.2) is 14.4 Å². The molecule has 0 bridgehead atoms. The molecular weight excluding hydrogens is 352 g/mol. The standard InChI is InChI=1S/C20H16O7/c1-3-12-25-20(24)27-17-10-6-15(7-11-17)19(23)26-16-8-4-14(5-9-16)13(2)18(21)22/h3-11H,1-2,12H2,(H,21,22). The van der Waals surface area contributed by atoms with E-state index in [-0.39, 0.29) is 29.2 Å². The average Bonchev–Trinajstić information content (AvgIpc) is 2.66. The summed E-state index contributed by atoms with van der Waals surface area (Å²) in [6.45, 7) is 6.89. The molecule has 0 aliphatic rings. The summed E-state index contributed by atoms with van der Waals surface area (Å²) in [6, 6.07) is 11.6. The van der Waals surface area contributed by atoms with Crippen molar-refractivity contribution in [2.24, 2.45) is 0 Å². The van der Waals surface area contributed by atoms with Gasteiger partial charge in [-0.05, 0) is 42.0 Å². The van der Waals surface area contributed by atoms with E-state index in [1.807, 2.05) is 0 Å². The fourth-order valence-corrected chi connectivity index (χ4v) is 1.93. The Labute approximate surface area is 155 Å². The van der Waals surface area contributed by atoms with Gasteiger partial charge < -0.3 is 19.3 Å². The number of carbonyl (C=O) groups excluding carboxylic acids is 2. The van der Waals surface area contributed by atoms with E-state index in [1.54, 1.807) is 0 Å². The van der Waals surface area contributed by atoms with Gasteiger partial charge in [-0.1, -0.05) is 31.4 Å². The summed E-state index contributed by atoms with van der Waals surface area (Å²) in [7, 11) is 0. The number of benzene rings is 2. The third kappa shape index (κ3) is 5.57. The molecule has 2 aromatic rings. The average molecular weight is 368 g/mol. The Morgan fingerprint density at radius 2 is 1.41 bits per heavy atom. The summed E-state index contributed by atoms with van der Waals surface area (Å²) >= 11 is 0. The number of carboxylic acid groups (broad SMARTS) is 1. The van der Waals surface area contributed by atoms with Crippen LogP contribution in [0.25, 0.3) is 5.57 Å². The molecule has 0 atom stereocenters. The fourth-order valence-electron chi connectivity index (χ4n) is 1.93. The van der Waals surface area contributed by atoms with Crippen LogP contribution in [0.2, 0.25) is 0 Å². The Bertz CT molecular complexity index is 864. The van der Waals surface area contributed by atoms with E-state index in [0.717, 1.165) is 0 Å². The molecule has 0 aromatic heterocycles. The quantitative estimate of drug-likeness (QED) is 0.261. The largest absolute Gasteiger partial charge is 0.514 e. The molecule has 0 fully saturated rings. The second-order valence-electron chi connectivity index (χ2n) is 5.17. The molecule has 7 nitrogen and oxygen atoms in total. The first-order valence-electron chi connectivity index (χ1n) is 7.71. The molecule has 0 aliphatic heterocycles. The van der Waals surface area contributed by atoms with E-state index in [1.165, 1.54) is 54.6 Å². The van der Waals surface area contributed by atoms with Crippen molar-refractivity contribution in [3.63, 3.8) is 0 Å². The summed E-state index contributed by atoms with van der Waals surface area (Å²) in [4.78, 5) is 34.3. The lowest BCUT2D eigenvalue weighted by Gasteiger charge is -2.07. The fraction of sp³-hybridized carbons (Fsp3) is 0.0500. The van der Waals surface area contributed by atoms with Crippen molar-refractivity contribution in [1.82, 2.24) is 0 Å². The number of carboxylic acids is 1. The van der Waals surface area contributed by atoms with Gasteiger partial charge in [-0.2, -0.15) is 0 Å². The monoisotopic (exact) mass is 368 g/mol. The first-order valence-corrected chi connectivity index (χ1v) is 7.71. The van der Waals surface area contributed by atoms with Gasteiger partial charge >= 0.3 is 18.1 Å². The highest BCUT2D eigenvalue weighted by Crippen LogP contribution is 2.20. The number of hydrogen-bond acceptors (Lipinski definition) is 6. The van der Waals surface area contributed by atoms with Crippen molar-refractivity contribution in [2.45, 2.75) is 0 Å². The zero-order valence-electron chi connectivity index (χ0n) is 14.2.